The molecule has 0 saturated carbocycles. The first-order valence-corrected chi connectivity index (χ1v) is 8.87. The van der Waals surface area contributed by atoms with Gasteiger partial charge in [-0.05, 0) is 58.0 Å². The van der Waals surface area contributed by atoms with Gasteiger partial charge in [-0.3, -0.25) is 9.69 Å². The van der Waals surface area contributed by atoms with E-state index in [4.69, 9.17) is 0 Å². The van der Waals surface area contributed by atoms with Crippen LogP contribution < -0.4 is 5.32 Å². The highest BCUT2D eigenvalue weighted by Gasteiger charge is 2.22. The van der Waals surface area contributed by atoms with Gasteiger partial charge >= 0.3 is 0 Å². The Morgan fingerprint density at radius 1 is 1.27 bits per heavy atom. The van der Waals surface area contributed by atoms with Crippen molar-refractivity contribution in [3.05, 3.63) is 23.2 Å². The number of benzene rings is 1. The largest absolute Gasteiger partial charge is 0.325 e. The van der Waals surface area contributed by atoms with Crippen molar-refractivity contribution in [2.24, 2.45) is 0 Å². The number of hydrogen-bond acceptors (Lipinski definition) is 4. The normalized spacial score (nSPS) is 18.1. The summed E-state index contributed by atoms with van der Waals surface area (Å²) in [4.78, 5) is 19.3. The number of nitrogens with one attached hydrogen (secondary N) is 1. The lowest BCUT2D eigenvalue weighted by Gasteiger charge is -2.26. The molecule has 1 N–H and O–H groups in total. The molecule has 1 atom stereocenters. The van der Waals surface area contributed by atoms with Crippen LogP contribution in [0.25, 0.3) is 10.2 Å². The van der Waals surface area contributed by atoms with E-state index in [9.17, 15) is 4.79 Å². The molecule has 3 rings (SSSR count). The van der Waals surface area contributed by atoms with E-state index in [1.54, 1.807) is 11.3 Å². The Bertz CT molecular complexity index is 659. The molecule has 1 amide bonds. The first-order valence-electron chi connectivity index (χ1n) is 8.05. The number of aryl methyl sites for hydroxylation is 1. The van der Waals surface area contributed by atoms with Crippen molar-refractivity contribution in [3.8, 4) is 0 Å². The van der Waals surface area contributed by atoms with Gasteiger partial charge in [0, 0.05) is 5.69 Å². The predicted octanol–water partition coefficient (Wildman–Crippen LogP) is 3.81. The molecular formula is C17H23N3OS. The van der Waals surface area contributed by atoms with Gasteiger partial charge in [0.05, 0.1) is 21.3 Å². The second-order valence-corrected chi connectivity index (χ2v) is 7.27. The fourth-order valence-corrected chi connectivity index (χ4v) is 3.88. The van der Waals surface area contributed by atoms with Crippen molar-refractivity contribution in [2.75, 3.05) is 18.4 Å². The number of hydrogen-bond donors (Lipinski definition) is 1. The molecule has 1 fully saturated rings. The third-order valence-electron chi connectivity index (χ3n) is 4.33. The standard InChI is InChI=1S/C17H23N3OS/c1-12(20-9-5-3-4-6-10-20)17(21)19-14-7-8-15-16(11-14)22-13(2)18-15/h7-8,11-12H,3-6,9-10H2,1-2H3,(H,19,21). The minimum Gasteiger partial charge on any atom is -0.325 e. The number of aromatic nitrogens is 1. The number of rotatable bonds is 3. The van der Waals surface area contributed by atoms with Crippen LogP contribution in [0, 0.1) is 6.92 Å². The zero-order chi connectivity index (χ0) is 15.5. The van der Waals surface area contributed by atoms with Gasteiger partial charge in [0.1, 0.15) is 0 Å². The van der Waals surface area contributed by atoms with Crippen molar-refractivity contribution in [3.63, 3.8) is 0 Å². The van der Waals surface area contributed by atoms with Crippen molar-refractivity contribution in [2.45, 2.75) is 45.6 Å². The fourth-order valence-electron chi connectivity index (χ4n) is 3.01. The Kier molecular flexibility index (Phi) is 4.74. The fraction of sp³-hybridized carbons (Fsp3) is 0.529. The molecule has 1 aliphatic heterocycles. The second kappa shape index (κ2) is 6.75. The van der Waals surface area contributed by atoms with Crippen LogP contribution in [0.15, 0.2) is 18.2 Å². The minimum absolute atomic E-state index is 0.0722. The van der Waals surface area contributed by atoms with E-state index in [1.807, 2.05) is 32.0 Å². The van der Waals surface area contributed by atoms with Gasteiger partial charge in [0.25, 0.3) is 0 Å². The molecular weight excluding hydrogens is 294 g/mol. The molecule has 0 aliphatic carbocycles. The topological polar surface area (TPSA) is 45.2 Å². The highest BCUT2D eigenvalue weighted by atomic mass is 32.1. The van der Waals surface area contributed by atoms with Crippen molar-refractivity contribution in [1.82, 2.24) is 9.88 Å². The molecule has 1 aliphatic rings. The molecule has 2 heterocycles. The first kappa shape index (κ1) is 15.4. The van der Waals surface area contributed by atoms with Crippen LogP contribution in [0.1, 0.15) is 37.6 Å². The van der Waals surface area contributed by atoms with E-state index in [1.165, 1.54) is 25.7 Å². The molecule has 5 heteroatoms. The van der Waals surface area contributed by atoms with E-state index in [-0.39, 0.29) is 11.9 Å². The average Bonchev–Trinajstić information content (AvgIpc) is 2.71. The van der Waals surface area contributed by atoms with E-state index >= 15 is 0 Å². The van der Waals surface area contributed by atoms with Gasteiger partial charge in [-0.25, -0.2) is 4.98 Å². The highest BCUT2D eigenvalue weighted by Crippen LogP contribution is 2.25. The van der Waals surface area contributed by atoms with E-state index in [0.717, 1.165) is 34.0 Å². The Labute approximate surface area is 135 Å². The molecule has 1 aromatic carbocycles. The number of fused-ring (bicyclic) bond motifs is 1. The number of likely N-dealkylation sites (tertiary alicyclic amines) is 1. The molecule has 1 unspecified atom stereocenters. The predicted molar refractivity (Wildman–Crippen MR) is 92.5 cm³/mol. The molecule has 118 valence electrons. The lowest BCUT2D eigenvalue weighted by molar-refractivity contribution is -0.120. The third-order valence-corrected chi connectivity index (χ3v) is 5.26. The quantitative estimate of drug-likeness (QED) is 0.936. The van der Waals surface area contributed by atoms with Gasteiger partial charge in [0.15, 0.2) is 0 Å². The number of thiazole rings is 1. The Balaban J connectivity index is 1.68. The van der Waals surface area contributed by atoms with Crippen LogP contribution >= 0.6 is 11.3 Å². The third kappa shape index (κ3) is 3.47. The molecule has 0 bridgehead atoms. The molecule has 4 nitrogen and oxygen atoms in total. The van der Waals surface area contributed by atoms with Crippen molar-refractivity contribution < 1.29 is 4.79 Å². The maximum absolute atomic E-state index is 12.5. The van der Waals surface area contributed by atoms with E-state index < -0.39 is 0 Å². The second-order valence-electron chi connectivity index (χ2n) is 6.03. The van der Waals surface area contributed by atoms with Crippen LogP contribution in [0.5, 0.6) is 0 Å². The van der Waals surface area contributed by atoms with Gasteiger partial charge in [-0.1, -0.05) is 12.8 Å². The number of anilines is 1. The summed E-state index contributed by atoms with van der Waals surface area (Å²) in [6.45, 7) is 6.07. The Morgan fingerprint density at radius 3 is 2.73 bits per heavy atom. The maximum atomic E-state index is 12.5. The van der Waals surface area contributed by atoms with Gasteiger partial charge in [-0.2, -0.15) is 0 Å². The summed E-state index contributed by atoms with van der Waals surface area (Å²) < 4.78 is 1.12. The first-order chi connectivity index (χ1) is 10.6. The number of amides is 1. The van der Waals surface area contributed by atoms with Crippen LogP contribution in [0.4, 0.5) is 5.69 Å². The van der Waals surface area contributed by atoms with Crippen molar-refractivity contribution >= 4 is 33.1 Å². The maximum Gasteiger partial charge on any atom is 0.241 e. The van der Waals surface area contributed by atoms with Crippen molar-refractivity contribution in [1.29, 1.82) is 0 Å². The monoisotopic (exact) mass is 317 g/mol. The summed E-state index contributed by atoms with van der Waals surface area (Å²) in [7, 11) is 0. The minimum atomic E-state index is -0.0722. The molecule has 0 spiro atoms. The summed E-state index contributed by atoms with van der Waals surface area (Å²) >= 11 is 1.66. The van der Waals surface area contributed by atoms with Gasteiger partial charge in [-0.15, -0.1) is 11.3 Å². The number of carbonyl (C=O) groups is 1. The molecule has 2 aromatic rings. The lowest BCUT2D eigenvalue weighted by Crippen LogP contribution is -2.42. The number of nitrogens with zero attached hydrogens (tertiary/aromatic N) is 2. The lowest BCUT2D eigenvalue weighted by atomic mass is 10.2. The van der Waals surface area contributed by atoms with Crippen LogP contribution in [-0.2, 0) is 4.79 Å². The summed E-state index contributed by atoms with van der Waals surface area (Å²) in [5.41, 5.74) is 1.86. The summed E-state index contributed by atoms with van der Waals surface area (Å²) in [6.07, 6.45) is 4.96. The van der Waals surface area contributed by atoms with E-state index in [0.29, 0.717) is 0 Å². The van der Waals surface area contributed by atoms with Gasteiger partial charge in [0.2, 0.25) is 5.91 Å². The summed E-state index contributed by atoms with van der Waals surface area (Å²) in [6, 6.07) is 5.86. The molecule has 1 saturated heterocycles. The molecule has 0 radical (unpaired) electrons. The zero-order valence-corrected chi connectivity index (χ0v) is 14.1. The average molecular weight is 317 g/mol. The molecule has 22 heavy (non-hydrogen) atoms. The summed E-state index contributed by atoms with van der Waals surface area (Å²) in [5, 5.41) is 4.11. The molecule has 1 aromatic heterocycles. The van der Waals surface area contributed by atoms with Gasteiger partial charge < -0.3 is 5.32 Å². The highest BCUT2D eigenvalue weighted by molar-refractivity contribution is 7.18. The zero-order valence-electron chi connectivity index (χ0n) is 13.3. The van der Waals surface area contributed by atoms with Crippen LogP contribution in [-0.4, -0.2) is 34.9 Å². The van der Waals surface area contributed by atoms with E-state index in [2.05, 4.69) is 15.2 Å². The number of carbonyl (C=O) groups excluding carboxylic acids is 1. The smallest absolute Gasteiger partial charge is 0.241 e. The SMILES string of the molecule is Cc1nc2ccc(NC(=O)C(C)N3CCCCCC3)cc2s1. The Morgan fingerprint density at radius 2 is 2.00 bits per heavy atom. The van der Waals surface area contributed by atoms with Crippen LogP contribution in [0.3, 0.4) is 0 Å². The summed E-state index contributed by atoms with van der Waals surface area (Å²) in [5.74, 6) is 0.0856. The Hall–Kier alpha value is -1.46. The van der Waals surface area contributed by atoms with Crippen LogP contribution in [0.2, 0.25) is 0 Å².